The summed E-state index contributed by atoms with van der Waals surface area (Å²) in [6.45, 7) is 1.32. The van der Waals surface area contributed by atoms with E-state index in [0.717, 1.165) is 0 Å². The highest BCUT2D eigenvalue weighted by atomic mass is 16.6. The van der Waals surface area contributed by atoms with Gasteiger partial charge in [0.1, 0.15) is 0 Å². The number of carbonyl (C=O) groups excluding carboxylic acids is 1. The summed E-state index contributed by atoms with van der Waals surface area (Å²) in [5.41, 5.74) is 0.137. The molecule has 110 valence electrons. The summed E-state index contributed by atoms with van der Waals surface area (Å²) >= 11 is 0. The smallest absolute Gasteiger partial charge is 0.432 e. The van der Waals surface area contributed by atoms with Crippen molar-refractivity contribution >= 4 is 23.5 Å². The molecule has 0 atom stereocenters. The normalized spacial score (nSPS) is 9.19. The number of nitro benzene ring substituents is 1. The van der Waals surface area contributed by atoms with Crippen molar-refractivity contribution in [1.29, 1.82) is 0 Å². The molecule has 0 bridgehead atoms. The summed E-state index contributed by atoms with van der Waals surface area (Å²) in [7, 11) is 0. The number of nitrogens with zero attached hydrogens (tertiary/aromatic N) is 3. The van der Waals surface area contributed by atoms with E-state index in [-0.39, 0.29) is 17.4 Å². The van der Waals surface area contributed by atoms with Crippen molar-refractivity contribution in [3.05, 3.63) is 52.7 Å². The first-order chi connectivity index (χ1) is 9.90. The van der Waals surface area contributed by atoms with Gasteiger partial charge < -0.3 is 10.4 Å². The van der Waals surface area contributed by atoms with Crippen LogP contribution < -0.4 is 5.32 Å². The molecule has 0 aliphatic heterocycles. The third kappa shape index (κ3) is 5.51. The van der Waals surface area contributed by atoms with Crippen molar-refractivity contribution < 1.29 is 19.6 Å². The number of carbonyl (C=O) groups is 2. The lowest BCUT2D eigenvalue weighted by molar-refractivity contribution is -0.384. The summed E-state index contributed by atoms with van der Waals surface area (Å²) in [4.78, 5) is 30.4. The zero-order valence-electron chi connectivity index (χ0n) is 11.0. The minimum atomic E-state index is -1.19. The molecule has 9 heteroatoms. The maximum atomic E-state index is 10.5. The van der Waals surface area contributed by atoms with Crippen LogP contribution in [0.1, 0.15) is 6.92 Å². The predicted molar refractivity (Wildman–Crippen MR) is 73.0 cm³/mol. The lowest BCUT2D eigenvalue weighted by Gasteiger charge is -1.93. The Hall–Kier alpha value is -3.23. The highest BCUT2D eigenvalue weighted by Crippen LogP contribution is 2.06. The molecular weight excluding hydrogens is 280 g/mol. The number of aromatic nitrogens is 2. The first-order valence-electron chi connectivity index (χ1n) is 5.66. The van der Waals surface area contributed by atoms with E-state index in [9.17, 15) is 19.7 Å². The number of anilines is 1. The molecule has 1 heterocycles. The van der Waals surface area contributed by atoms with Gasteiger partial charge in [-0.1, -0.05) is 18.2 Å². The number of amides is 1. The van der Waals surface area contributed by atoms with E-state index in [2.05, 4.69) is 10.4 Å². The summed E-state index contributed by atoms with van der Waals surface area (Å²) in [5, 5.41) is 24.3. The van der Waals surface area contributed by atoms with E-state index in [4.69, 9.17) is 5.11 Å². The second-order valence-corrected chi connectivity index (χ2v) is 3.70. The van der Waals surface area contributed by atoms with Crippen LogP contribution in [0.4, 0.5) is 16.3 Å². The van der Waals surface area contributed by atoms with Gasteiger partial charge in [0.15, 0.2) is 5.82 Å². The first kappa shape index (κ1) is 15.8. The van der Waals surface area contributed by atoms with Crippen LogP contribution in [0.5, 0.6) is 0 Å². The van der Waals surface area contributed by atoms with Gasteiger partial charge in [-0.15, -0.1) is 5.10 Å². The molecule has 0 spiro atoms. The Morgan fingerprint density at radius 1 is 1.29 bits per heavy atom. The SMILES string of the molecule is CC(=O)Nc1ccn(C(=O)O)n1.O=[N+]([O-])c1ccccc1. The Kier molecular flexibility index (Phi) is 5.56. The van der Waals surface area contributed by atoms with Crippen LogP contribution in [0.2, 0.25) is 0 Å². The second-order valence-electron chi connectivity index (χ2n) is 3.70. The van der Waals surface area contributed by atoms with Crippen LogP contribution in [0, 0.1) is 10.1 Å². The number of hydrogen-bond donors (Lipinski definition) is 2. The number of nitrogens with one attached hydrogen (secondary N) is 1. The molecule has 0 aliphatic carbocycles. The lowest BCUT2D eigenvalue weighted by atomic mass is 10.3. The van der Waals surface area contributed by atoms with Crippen LogP contribution in [0.3, 0.4) is 0 Å². The van der Waals surface area contributed by atoms with Crippen molar-refractivity contribution in [2.45, 2.75) is 6.92 Å². The molecule has 0 fully saturated rings. The van der Waals surface area contributed by atoms with Crippen molar-refractivity contribution in [2.75, 3.05) is 5.32 Å². The summed E-state index contributed by atoms with van der Waals surface area (Å²) < 4.78 is 0.714. The van der Waals surface area contributed by atoms with E-state index >= 15 is 0 Å². The number of hydrogen-bond acceptors (Lipinski definition) is 5. The number of carboxylic acid groups (broad SMARTS) is 1. The van der Waals surface area contributed by atoms with Crippen LogP contribution in [-0.4, -0.2) is 31.8 Å². The van der Waals surface area contributed by atoms with Crippen LogP contribution >= 0.6 is 0 Å². The fourth-order valence-corrected chi connectivity index (χ4v) is 1.23. The minimum absolute atomic E-state index is 0.137. The third-order valence-corrected chi connectivity index (χ3v) is 2.06. The van der Waals surface area contributed by atoms with Crippen molar-refractivity contribution in [3.8, 4) is 0 Å². The van der Waals surface area contributed by atoms with Crippen molar-refractivity contribution in [1.82, 2.24) is 9.78 Å². The van der Waals surface area contributed by atoms with Gasteiger partial charge in [-0.2, -0.15) is 4.68 Å². The number of para-hydroxylation sites is 1. The topological polar surface area (TPSA) is 127 Å². The molecular formula is C12H12N4O5. The number of rotatable bonds is 2. The van der Waals surface area contributed by atoms with Gasteiger partial charge in [-0.05, 0) is 0 Å². The molecule has 0 unspecified atom stereocenters. The average molecular weight is 292 g/mol. The Morgan fingerprint density at radius 3 is 2.29 bits per heavy atom. The van der Waals surface area contributed by atoms with Gasteiger partial charge in [0.25, 0.3) is 5.69 Å². The molecule has 2 rings (SSSR count). The maximum Gasteiger partial charge on any atom is 0.432 e. The molecule has 0 saturated heterocycles. The van der Waals surface area contributed by atoms with E-state index in [0.29, 0.717) is 4.68 Å². The van der Waals surface area contributed by atoms with Crippen LogP contribution in [0.25, 0.3) is 0 Å². The molecule has 1 aromatic carbocycles. The van der Waals surface area contributed by atoms with Crippen molar-refractivity contribution in [3.63, 3.8) is 0 Å². The number of benzene rings is 1. The molecule has 2 aromatic rings. The average Bonchev–Trinajstić information content (AvgIpc) is 2.88. The number of non-ortho nitro benzene ring substituents is 1. The summed E-state index contributed by atoms with van der Waals surface area (Å²) in [6.07, 6.45) is 0.0553. The molecule has 0 saturated carbocycles. The molecule has 21 heavy (non-hydrogen) atoms. The van der Waals surface area contributed by atoms with Gasteiger partial charge in [0, 0.05) is 31.3 Å². The Labute approximate surface area is 119 Å². The summed E-state index contributed by atoms with van der Waals surface area (Å²) in [6, 6.07) is 9.33. The minimum Gasteiger partial charge on any atom is -0.463 e. The Bertz CT molecular complexity index is 638. The molecule has 0 radical (unpaired) electrons. The van der Waals surface area contributed by atoms with Gasteiger partial charge >= 0.3 is 6.09 Å². The van der Waals surface area contributed by atoms with Crippen molar-refractivity contribution in [2.24, 2.45) is 0 Å². The van der Waals surface area contributed by atoms with E-state index in [1.807, 2.05) is 0 Å². The second kappa shape index (κ2) is 7.38. The molecule has 0 aliphatic rings. The lowest BCUT2D eigenvalue weighted by Crippen LogP contribution is -2.11. The maximum absolute atomic E-state index is 10.5. The predicted octanol–water partition coefficient (Wildman–Crippen LogP) is 1.96. The van der Waals surface area contributed by atoms with Gasteiger partial charge in [-0.3, -0.25) is 14.9 Å². The molecule has 9 nitrogen and oxygen atoms in total. The zero-order valence-corrected chi connectivity index (χ0v) is 11.0. The first-order valence-corrected chi connectivity index (χ1v) is 5.66. The fourth-order valence-electron chi connectivity index (χ4n) is 1.23. The van der Waals surface area contributed by atoms with E-state index in [1.165, 1.54) is 31.3 Å². The zero-order chi connectivity index (χ0) is 15.8. The Balaban J connectivity index is 0.000000219. The van der Waals surface area contributed by atoms with Gasteiger partial charge in [0.2, 0.25) is 5.91 Å². The van der Waals surface area contributed by atoms with Crippen LogP contribution in [0.15, 0.2) is 42.6 Å². The van der Waals surface area contributed by atoms with Gasteiger partial charge in [0.05, 0.1) is 4.92 Å². The van der Waals surface area contributed by atoms with E-state index < -0.39 is 11.0 Å². The molecule has 1 aromatic heterocycles. The van der Waals surface area contributed by atoms with Crippen LogP contribution in [-0.2, 0) is 4.79 Å². The highest BCUT2D eigenvalue weighted by molar-refractivity contribution is 5.87. The molecule has 1 amide bonds. The largest absolute Gasteiger partial charge is 0.463 e. The quantitative estimate of drug-likeness (QED) is 0.643. The van der Waals surface area contributed by atoms with Gasteiger partial charge in [-0.25, -0.2) is 4.79 Å². The van der Waals surface area contributed by atoms with E-state index in [1.54, 1.807) is 18.2 Å². The summed E-state index contributed by atoms with van der Waals surface area (Å²) in [5.74, 6) is -0.0597. The molecule has 2 N–H and O–H groups in total. The monoisotopic (exact) mass is 292 g/mol. The highest BCUT2D eigenvalue weighted by Gasteiger charge is 2.04. The fraction of sp³-hybridized carbons (Fsp3) is 0.0833. The third-order valence-electron chi connectivity index (χ3n) is 2.06. The number of nitro groups is 1. The standard InChI is InChI=1S/C6H7N3O3.C6H5NO2/c1-4(10)7-5-2-3-9(8-5)6(11)12;8-7(9)6-4-2-1-3-5-6/h2-3H,1H3,(H,11,12)(H,7,8,10);1-5H. The Morgan fingerprint density at radius 2 is 1.90 bits per heavy atom.